The summed E-state index contributed by atoms with van der Waals surface area (Å²) in [4.78, 5) is 32.9. The zero-order valence-electron chi connectivity index (χ0n) is 26.8. The van der Waals surface area contributed by atoms with E-state index in [1.165, 1.54) is 34.5 Å². The largest absolute Gasteiger partial charge is 0.507 e. The molecular formula is C36H31NO11. The number of methoxy groups -OCH3 is 4. The average molecular weight is 654 g/mol. The standard InChI is InChI=1S/C36H31NO11/c1-19-28(34(40)47-18-43-4)33(44-5)22-10-8-6-7-9-11-27-35(19)36(22,48-35)23-15-24(38)29-21(31(23)37-27)14-20-25(45-16-41-2)12-13-26(46-17-42-3)30(20)32(29)39/h6-7,12-15,19,22,27,38H,16-18H2,1-5H3/b7-6-/t19-,22+,27-,35-,36+/m0/s1. The third-order valence-electron chi connectivity index (χ3n) is 9.28. The van der Waals surface area contributed by atoms with E-state index in [-0.39, 0.29) is 54.3 Å². The number of fused-ring (bicyclic) bond motifs is 4. The first-order valence-corrected chi connectivity index (χ1v) is 15.0. The first kappa shape index (κ1) is 31.5. The van der Waals surface area contributed by atoms with Crippen molar-refractivity contribution in [2.75, 3.05) is 48.8 Å². The Morgan fingerprint density at radius 2 is 1.67 bits per heavy atom. The lowest BCUT2D eigenvalue weighted by Crippen LogP contribution is -2.56. The second-order valence-electron chi connectivity index (χ2n) is 11.6. The smallest absolute Gasteiger partial charge is 0.339 e. The van der Waals surface area contributed by atoms with Crippen LogP contribution >= 0.6 is 0 Å². The molecule has 12 heteroatoms. The summed E-state index contributed by atoms with van der Waals surface area (Å²) in [5, 5.41) is 12.4. The fourth-order valence-corrected chi connectivity index (χ4v) is 7.39. The van der Waals surface area contributed by atoms with Gasteiger partial charge in [0.1, 0.15) is 46.2 Å². The van der Waals surface area contributed by atoms with Gasteiger partial charge in [0.05, 0.1) is 29.2 Å². The van der Waals surface area contributed by atoms with Gasteiger partial charge in [0, 0.05) is 43.6 Å². The Morgan fingerprint density at radius 3 is 2.38 bits per heavy atom. The molecule has 0 radical (unpaired) electrons. The maximum absolute atomic E-state index is 14.3. The monoisotopic (exact) mass is 653 g/mol. The van der Waals surface area contributed by atoms with Gasteiger partial charge >= 0.3 is 5.97 Å². The molecule has 2 aromatic carbocycles. The van der Waals surface area contributed by atoms with Crippen molar-refractivity contribution in [1.82, 2.24) is 0 Å². The molecule has 48 heavy (non-hydrogen) atoms. The molecular weight excluding hydrogens is 622 g/mol. The van der Waals surface area contributed by atoms with Crippen molar-refractivity contribution in [3.05, 3.63) is 74.5 Å². The van der Waals surface area contributed by atoms with Crippen molar-refractivity contribution < 1.29 is 52.6 Å². The zero-order chi connectivity index (χ0) is 33.8. The summed E-state index contributed by atoms with van der Waals surface area (Å²) in [5.74, 6) is 10.4. The number of phenols is 1. The number of nitrogens with zero attached hydrogens (tertiary/aromatic N) is 1. The Labute approximate surface area is 275 Å². The van der Waals surface area contributed by atoms with E-state index in [4.69, 9.17) is 42.9 Å². The average Bonchev–Trinajstić information content (AvgIpc) is 3.81. The number of hydrogen-bond acceptors (Lipinski definition) is 12. The van der Waals surface area contributed by atoms with E-state index < -0.39 is 40.8 Å². The maximum atomic E-state index is 14.3. The van der Waals surface area contributed by atoms with Gasteiger partial charge in [0.15, 0.2) is 20.4 Å². The second-order valence-corrected chi connectivity index (χ2v) is 11.6. The molecule has 0 saturated carbocycles. The van der Waals surface area contributed by atoms with Crippen molar-refractivity contribution in [3.8, 4) is 40.9 Å². The number of epoxide rings is 1. The van der Waals surface area contributed by atoms with Gasteiger partial charge in [-0.2, -0.15) is 0 Å². The van der Waals surface area contributed by atoms with E-state index in [2.05, 4.69) is 23.7 Å². The Hall–Kier alpha value is -5.11. The number of benzene rings is 2. The van der Waals surface area contributed by atoms with Gasteiger partial charge in [-0.15, -0.1) is 0 Å². The number of phenolic OH excluding ortho intramolecular Hbond substituents is 1. The van der Waals surface area contributed by atoms with Crippen molar-refractivity contribution in [3.63, 3.8) is 0 Å². The van der Waals surface area contributed by atoms with Gasteiger partial charge < -0.3 is 43.0 Å². The Balaban J connectivity index is 1.54. The van der Waals surface area contributed by atoms with Crippen molar-refractivity contribution in [2.45, 2.75) is 24.2 Å². The molecule has 7 rings (SSSR count). The summed E-state index contributed by atoms with van der Waals surface area (Å²) in [5.41, 5.74) is -1.12. The van der Waals surface area contributed by atoms with E-state index in [1.807, 2.05) is 6.92 Å². The van der Waals surface area contributed by atoms with Crippen LogP contribution in [-0.2, 0) is 38.8 Å². The van der Waals surface area contributed by atoms with Crippen LogP contribution in [0.15, 0.2) is 46.7 Å². The predicted octanol–water partition coefficient (Wildman–Crippen LogP) is 1.59. The van der Waals surface area contributed by atoms with Crippen LogP contribution in [0.25, 0.3) is 6.08 Å². The molecule has 2 heterocycles. The fourth-order valence-electron chi connectivity index (χ4n) is 7.39. The van der Waals surface area contributed by atoms with Crippen LogP contribution in [0.4, 0.5) is 0 Å². The Morgan fingerprint density at radius 1 is 0.979 bits per heavy atom. The summed E-state index contributed by atoms with van der Waals surface area (Å²) in [6.07, 6.45) is 4.95. The van der Waals surface area contributed by atoms with E-state index in [1.54, 1.807) is 30.4 Å². The van der Waals surface area contributed by atoms with Crippen molar-refractivity contribution >= 4 is 17.8 Å². The maximum Gasteiger partial charge on any atom is 0.339 e. The van der Waals surface area contributed by atoms with Gasteiger partial charge in [0.25, 0.3) is 0 Å². The predicted molar refractivity (Wildman–Crippen MR) is 166 cm³/mol. The molecule has 4 bridgehead atoms. The van der Waals surface area contributed by atoms with Gasteiger partial charge in [-0.25, -0.2) is 4.79 Å². The van der Waals surface area contributed by atoms with Gasteiger partial charge in [-0.3, -0.25) is 9.79 Å². The Bertz CT molecular complexity index is 2080. The number of hydrogen-bond donors (Lipinski definition) is 1. The molecule has 1 N–H and O–H groups in total. The molecule has 0 amide bonds. The number of esters is 1. The molecule has 246 valence electrons. The van der Waals surface area contributed by atoms with Crippen LogP contribution in [0.3, 0.4) is 0 Å². The van der Waals surface area contributed by atoms with Crippen LogP contribution in [-0.4, -0.2) is 77.3 Å². The molecule has 0 spiro atoms. The topological polar surface area (TPSA) is 144 Å². The third kappa shape index (κ3) is 4.24. The minimum absolute atomic E-state index is 0.0252. The lowest BCUT2D eigenvalue weighted by atomic mass is 9.60. The quantitative estimate of drug-likeness (QED) is 0.148. The first-order valence-electron chi connectivity index (χ1n) is 15.0. The highest BCUT2D eigenvalue weighted by Crippen LogP contribution is 2.71. The summed E-state index contributed by atoms with van der Waals surface area (Å²) < 4.78 is 45.0. The molecule has 5 aliphatic rings. The van der Waals surface area contributed by atoms with Crippen LogP contribution in [0.2, 0.25) is 0 Å². The number of rotatable bonds is 10. The minimum atomic E-state index is -1.26. The molecule has 2 aliphatic heterocycles. The van der Waals surface area contributed by atoms with Crippen molar-refractivity contribution in [2.24, 2.45) is 16.8 Å². The number of ether oxygens (including phenoxy) is 8. The second kappa shape index (κ2) is 11.8. The van der Waals surface area contributed by atoms with Crippen molar-refractivity contribution in [1.29, 1.82) is 0 Å². The molecule has 1 saturated heterocycles. The number of ketones is 1. The lowest BCUT2D eigenvalue weighted by Gasteiger charge is -2.39. The van der Waals surface area contributed by atoms with E-state index in [9.17, 15) is 14.7 Å². The molecule has 3 aliphatic carbocycles. The zero-order valence-corrected chi connectivity index (χ0v) is 26.8. The van der Waals surface area contributed by atoms with Gasteiger partial charge in [0.2, 0.25) is 5.78 Å². The highest BCUT2D eigenvalue weighted by molar-refractivity contribution is 6.17. The summed E-state index contributed by atoms with van der Waals surface area (Å²) >= 11 is 0. The summed E-state index contributed by atoms with van der Waals surface area (Å²) in [6, 6.07) is 3.93. The molecule has 2 aromatic rings. The van der Waals surface area contributed by atoms with Crippen LogP contribution in [0.5, 0.6) is 17.2 Å². The van der Waals surface area contributed by atoms with E-state index in [0.29, 0.717) is 27.5 Å². The van der Waals surface area contributed by atoms with E-state index >= 15 is 0 Å². The number of aromatic hydroxyl groups is 1. The number of carbonyl (C=O) groups excluding carboxylic acids is 2. The van der Waals surface area contributed by atoms with Crippen LogP contribution in [0.1, 0.15) is 34.0 Å². The normalized spacial score (nSPS) is 27.0. The molecule has 5 atom stereocenters. The summed E-state index contributed by atoms with van der Waals surface area (Å²) in [6.45, 7) is 1.38. The SMILES string of the molecule is COCOC(=O)C1=C(OC)[C@H]2C#C/C=C\C#C[C@@H]3N=c4c(cc(O)c5c4=Cc4c(OCOC)ccc(OCOC)c4C5=O)[C@]24O[C@@]34[C@H]1C. The lowest BCUT2D eigenvalue weighted by molar-refractivity contribution is -0.150. The van der Waals surface area contributed by atoms with Gasteiger partial charge in [-0.1, -0.05) is 30.6 Å². The van der Waals surface area contributed by atoms with Crippen LogP contribution in [0, 0.1) is 35.5 Å². The number of allylic oxidation sites excluding steroid dienone is 2. The minimum Gasteiger partial charge on any atom is -0.507 e. The highest BCUT2D eigenvalue weighted by atomic mass is 16.7. The molecule has 12 nitrogen and oxygen atoms in total. The Kier molecular flexibility index (Phi) is 7.77. The van der Waals surface area contributed by atoms with E-state index in [0.717, 1.165) is 0 Å². The molecule has 1 fully saturated rings. The third-order valence-corrected chi connectivity index (χ3v) is 9.28. The molecule has 0 unspecified atom stereocenters. The first-order chi connectivity index (χ1) is 23.3. The fraction of sp³-hybridized carbons (Fsp3) is 0.361. The summed E-state index contributed by atoms with van der Waals surface area (Å²) in [7, 11) is 5.83. The molecule has 0 aromatic heterocycles. The van der Waals surface area contributed by atoms with Gasteiger partial charge in [-0.05, 0) is 36.4 Å². The van der Waals surface area contributed by atoms with Crippen LogP contribution < -0.4 is 20.0 Å². The number of carbonyl (C=O) groups is 2. The highest BCUT2D eigenvalue weighted by Gasteiger charge is 2.84.